The quantitative estimate of drug-likeness (QED) is 0.592. The molecular weight excluding hydrogens is 384 g/mol. The molecule has 1 atom stereocenters. The number of fused-ring (bicyclic) bond motifs is 1. The average molecular weight is 411 g/mol. The summed E-state index contributed by atoms with van der Waals surface area (Å²) < 4.78 is 12.2. The van der Waals surface area contributed by atoms with Crippen LogP contribution >= 0.6 is 11.3 Å². The number of thiazole rings is 1. The summed E-state index contributed by atoms with van der Waals surface area (Å²) in [5.74, 6) is 0.828. The molecule has 1 saturated heterocycles. The van der Waals surface area contributed by atoms with Crippen LogP contribution in [0.15, 0.2) is 36.4 Å². The van der Waals surface area contributed by atoms with Crippen LogP contribution in [0, 0.1) is 13.8 Å². The Morgan fingerprint density at radius 1 is 1.21 bits per heavy atom. The first-order valence-corrected chi connectivity index (χ1v) is 10.8. The first-order chi connectivity index (χ1) is 14.0. The summed E-state index contributed by atoms with van der Waals surface area (Å²) in [6.07, 6.45) is 2.42. The molecule has 0 radical (unpaired) electrons. The minimum atomic E-state index is 0.0417. The van der Waals surface area contributed by atoms with Crippen LogP contribution in [-0.4, -0.2) is 37.3 Å². The second-order valence-corrected chi connectivity index (χ2v) is 8.52. The molecule has 5 nitrogen and oxygen atoms in total. The zero-order valence-corrected chi connectivity index (χ0v) is 17.9. The number of hydrogen-bond donors (Lipinski definition) is 0. The minimum absolute atomic E-state index is 0.0417. The summed E-state index contributed by atoms with van der Waals surface area (Å²) in [4.78, 5) is 20.0. The zero-order chi connectivity index (χ0) is 20.4. The van der Waals surface area contributed by atoms with Crippen molar-refractivity contribution in [3.8, 4) is 5.75 Å². The van der Waals surface area contributed by atoms with E-state index in [1.54, 1.807) is 18.4 Å². The lowest BCUT2D eigenvalue weighted by Gasteiger charge is -2.23. The van der Waals surface area contributed by atoms with Crippen molar-refractivity contribution in [2.24, 2.45) is 0 Å². The normalized spacial score (nSPS) is 16.3. The smallest absolute Gasteiger partial charge is 0.233 e. The zero-order valence-electron chi connectivity index (χ0n) is 17.1. The highest BCUT2D eigenvalue weighted by Crippen LogP contribution is 2.34. The standard InChI is InChI=1S/C23H26N2O3S/c1-15-6-7-16(2)22-21(15)24-23(29-22)25(14-19-5-4-12-28-19)20(26)13-17-8-10-18(27-3)11-9-17/h6-11,19H,4-5,12-14H2,1-3H3/t19-/m0/s1. The summed E-state index contributed by atoms with van der Waals surface area (Å²) in [5.41, 5.74) is 4.27. The second-order valence-electron chi connectivity index (χ2n) is 7.54. The van der Waals surface area contributed by atoms with E-state index in [-0.39, 0.29) is 12.0 Å². The molecule has 2 aromatic carbocycles. The third-order valence-corrected chi connectivity index (χ3v) is 6.60. The van der Waals surface area contributed by atoms with Crippen molar-refractivity contribution in [1.82, 2.24) is 4.98 Å². The van der Waals surface area contributed by atoms with Crippen molar-refractivity contribution in [1.29, 1.82) is 0 Å². The Balaban J connectivity index is 1.64. The van der Waals surface area contributed by atoms with Crippen molar-refractivity contribution < 1.29 is 14.3 Å². The minimum Gasteiger partial charge on any atom is -0.497 e. The molecule has 6 heteroatoms. The van der Waals surface area contributed by atoms with Crippen molar-refractivity contribution >= 4 is 32.6 Å². The number of rotatable bonds is 6. The van der Waals surface area contributed by atoms with Crippen molar-refractivity contribution in [2.75, 3.05) is 25.2 Å². The number of carbonyl (C=O) groups excluding carboxylic acids is 1. The Morgan fingerprint density at radius 3 is 2.62 bits per heavy atom. The molecular formula is C23H26N2O3S. The number of aryl methyl sites for hydroxylation is 2. The summed E-state index contributed by atoms with van der Waals surface area (Å²) in [7, 11) is 1.64. The van der Waals surface area contributed by atoms with Gasteiger partial charge < -0.3 is 9.47 Å². The van der Waals surface area contributed by atoms with E-state index in [2.05, 4.69) is 26.0 Å². The molecule has 1 aliphatic heterocycles. The number of methoxy groups -OCH3 is 1. The lowest BCUT2D eigenvalue weighted by molar-refractivity contribution is -0.118. The fourth-order valence-electron chi connectivity index (χ4n) is 3.66. The highest BCUT2D eigenvalue weighted by atomic mass is 32.1. The van der Waals surface area contributed by atoms with Gasteiger partial charge >= 0.3 is 0 Å². The van der Waals surface area contributed by atoms with E-state index in [0.29, 0.717) is 13.0 Å². The van der Waals surface area contributed by atoms with Gasteiger partial charge in [0.25, 0.3) is 0 Å². The average Bonchev–Trinajstić information content (AvgIpc) is 3.40. The largest absolute Gasteiger partial charge is 0.497 e. The molecule has 0 spiro atoms. The van der Waals surface area contributed by atoms with E-state index in [4.69, 9.17) is 14.5 Å². The number of benzene rings is 2. The first-order valence-electron chi connectivity index (χ1n) is 9.97. The number of aromatic nitrogens is 1. The summed E-state index contributed by atoms with van der Waals surface area (Å²) in [5, 5.41) is 0.756. The highest BCUT2D eigenvalue weighted by Gasteiger charge is 2.26. The molecule has 1 fully saturated rings. The van der Waals surface area contributed by atoms with Gasteiger partial charge in [0.1, 0.15) is 5.75 Å². The van der Waals surface area contributed by atoms with Gasteiger partial charge in [-0.05, 0) is 55.5 Å². The van der Waals surface area contributed by atoms with Gasteiger partial charge in [-0.3, -0.25) is 9.69 Å². The Kier molecular flexibility index (Phi) is 5.83. The van der Waals surface area contributed by atoms with E-state index in [1.807, 2.05) is 29.2 Å². The lowest BCUT2D eigenvalue weighted by Crippen LogP contribution is -2.38. The third-order valence-electron chi connectivity index (χ3n) is 5.39. The Bertz CT molecular complexity index is 968. The molecule has 0 saturated carbocycles. The fraction of sp³-hybridized carbons (Fsp3) is 0.391. The van der Waals surface area contributed by atoms with E-state index >= 15 is 0 Å². The van der Waals surface area contributed by atoms with E-state index < -0.39 is 0 Å². The maximum atomic E-state index is 13.3. The van der Waals surface area contributed by atoms with Crippen molar-refractivity contribution in [3.63, 3.8) is 0 Å². The SMILES string of the molecule is COc1ccc(CC(=O)N(C[C@@H]2CCCO2)c2nc3c(C)ccc(C)c3s2)cc1. The van der Waals surface area contributed by atoms with Crippen LogP contribution in [0.25, 0.3) is 10.2 Å². The summed E-state index contributed by atoms with van der Waals surface area (Å²) >= 11 is 1.59. The van der Waals surface area contributed by atoms with Gasteiger partial charge in [-0.25, -0.2) is 4.98 Å². The van der Waals surface area contributed by atoms with Gasteiger partial charge in [-0.15, -0.1) is 0 Å². The van der Waals surface area contributed by atoms with Crippen molar-refractivity contribution in [3.05, 3.63) is 53.1 Å². The summed E-state index contributed by atoms with van der Waals surface area (Å²) in [6, 6.07) is 11.9. The Labute approximate surface area is 175 Å². The number of carbonyl (C=O) groups is 1. The van der Waals surface area contributed by atoms with Crippen LogP contribution < -0.4 is 9.64 Å². The fourth-order valence-corrected chi connectivity index (χ4v) is 4.79. The topological polar surface area (TPSA) is 51.7 Å². The molecule has 4 rings (SSSR count). The molecule has 1 aliphatic rings. The number of ether oxygens (including phenoxy) is 2. The number of hydrogen-bond acceptors (Lipinski definition) is 5. The molecule has 29 heavy (non-hydrogen) atoms. The molecule has 3 aromatic rings. The predicted molar refractivity (Wildman–Crippen MR) is 117 cm³/mol. The predicted octanol–water partition coefficient (Wildman–Crippen LogP) is 4.68. The maximum absolute atomic E-state index is 13.3. The molecule has 0 unspecified atom stereocenters. The molecule has 0 N–H and O–H groups in total. The number of amides is 1. The molecule has 2 heterocycles. The third kappa shape index (κ3) is 4.28. The first kappa shape index (κ1) is 19.9. The van der Waals surface area contributed by atoms with E-state index in [1.165, 1.54) is 5.56 Å². The van der Waals surface area contributed by atoms with Crippen LogP contribution in [0.2, 0.25) is 0 Å². The van der Waals surface area contributed by atoms with E-state index in [0.717, 1.165) is 51.7 Å². The van der Waals surface area contributed by atoms with Gasteiger partial charge in [-0.1, -0.05) is 35.6 Å². The van der Waals surface area contributed by atoms with Gasteiger partial charge in [0.15, 0.2) is 5.13 Å². The van der Waals surface area contributed by atoms with E-state index in [9.17, 15) is 4.79 Å². The van der Waals surface area contributed by atoms with Crippen LogP contribution in [0.5, 0.6) is 5.75 Å². The molecule has 0 aliphatic carbocycles. The van der Waals surface area contributed by atoms with Crippen LogP contribution in [-0.2, 0) is 16.0 Å². The van der Waals surface area contributed by atoms with Crippen LogP contribution in [0.3, 0.4) is 0 Å². The van der Waals surface area contributed by atoms with Crippen LogP contribution in [0.1, 0.15) is 29.5 Å². The molecule has 1 amide bonds. The Hall–Kier alpha value is -2.44. The monoisotopic (exact) mass is 410 g/mol. The van der Waals surface area contributed by atoms with Gasteiger partial charge in [0.2, 0.25) is 5.91 Å². The highest BCUT2D eigenvalue weighted by molar-refractivity contribution is 7.22. The lowest BCUT2D eigenvalue weighted by atomic mass is 10.1. The van der Waals surface area contributed by atoms with Crippen LogP contribution in [0.4, 0.5) is 5.13 Å². The van der Waals surface area contributed by atoms with Gasteiger partial charge in [-0.2, -0.15) is 0 Å². The molecule has 152 valence electrons. The Morgan fingerprint density at radius 2 is 1.97 bits per heavy atom. The number of anilines is 1. The summed E-state index contributed by atoms with van der Waals surface area (Å²) in [6.45, 7) is 5.47. The maximum Gasteiger partial charge on any atom is 0.233 e. The number of nitrogens with zero attached hydrogens (tertiary/aromatic N) is 2. The second kappa shape index (κ2) is 8.51. The molecule has 0 bridgehead atoms. The molecule has 1 aromatic heterocycles. The van der Waals surface area contributed by atoms with Gasteiger partial charge in [0.05, 0.1) is 36.4 Å². The van der Waals surface area contributed by atoms with Gasteiger partial charge in [0, 0.05) is 6.61 Å². The van der Waals surface area contributed by atoms with Crippen molar-refractivity contribution in [2.45, 2.75) is 39.2 Å².